The van der Waals surface area contributed by atoms with Gasteiger partial charge in [-0.2, -0.15) is 0 Å². The van der Waals surface area contributed by atoms with E-state index in [4.69, 9.17) is 5.11 Å². The largest absolute Gasteiger partial charge is 0.396 e. The zero-order valence-electron chi connectivity index (χ0n) is 10.3. The summed E-state index contributed by atoms with van der Waals surface area (Å²) in [6.07, 6.45) is 2.23. The molecule has 1 aliphatic heterocycles. The van der Waals surface area contributed by atoms with E-state index in [0.29, 0.717) is 13.0 Å². The van der Waals surface area contributed by atoms with E-state index < -0.39 is 0 Å². The molecule has 0 saturated carbocycles. The van der Waals surface area contributed by atoms with Gasteiger partial charge in [-0.15, -0.1) is 0 Å². The van der Waals surface area contributed by atoms with Crippen molar-refractivity contribution in [3.05, 3.63) is 34.3 Å². The van der Waals surface area contributed by atoms with Gasteiger partial charge in [0, 0.05) is 36.5 Å². The molecule has 1 aliphatic rings. The minimum atomic E-state index is 0.189. The van der Waals surface area contributed by atoms with Crippen LogP contribution in [0.5, 0.6) is 0 Å². The zero-order valence-corrected chi connectivity index (χ0v) is 11.9. The summed E-state index contributed by atoms with van der Waals surface area (Å²) in [5.74, 6) is 0.471. The normalized spacial score (nSPS) is 19.2. The van der Waals surface area contributed by atoms with Crippen LogP contribution in [0.15, 0.2) is 28.7 Å². The Bertz CT molecular complexity index is 422. The van der Waals surface area contributed by atoms with Crippen molar-refractivity contribution in [1.82, 2.24) is 4.90 Å². The van der Waals surface area contributed by atoms with E-state index in [-0.39, 0.29) is 18.4 Å². The fourth-order valence-corrected chi connectivity index (χ4v) is 2.79. The number of aliphatic hydroxyl groups is 1. The molecule has 1 aromatic rings. The van der Waals surface area contributed by atoms with E-state index in [2.05, 4.69) is 15.9 Å². The highest BCUT2D eigenvalue weighted by atomic mass is 79.9. The Balaban J connectivity index is 1.84. The van der Waals surface area contributed by atoms with Crippen LogP contribution in [0.4, 0.5) is 0 Å². The number of nitrogens with zero attached hydrogens (tertiary/aromatic N) is 1. The van der Waals surface area contributed by atoms with Crippen LogP contribution >= 0.6 is 15.9 Å². The lowest BCUT2D eigenvalue weighted by molar-refractivity contribution is -0.130. The van der Waals surface area contributed by atoms with Crippen LogP contribution in [0.3, 0.4) is 0 Å². The van der Waals surface area contributed by atoms with Crippen molar-refractivity contribution in [2.75, 3.05) is 19.7 Å². The first-order chi connectivity index (χ1) is 8.70. The number of carbonyl (C=O) groups is 1. The second kappa shape index (κ2) is 6.34. The number of rotatable bonds is 4. The molecule has 4 heteroatoms. The fraction of sp³-hybridized carbons (Fsp3) is 0.500. The molecule has 3 nitrogen and oxygen atoms in total. The van der Waals surface area contributed by atoms with Gasteiger partial charge in [0.2, 0.25) is 5.91 Å². The van der Waals surface area contributed by atoms with Crippen LogP contribution in [0, 0.1) is 5.92 Å². The first-order valence-electron chi connectivity index (χ1n) is 6.32. The topological polar surface area (TPSA) is 40.5 Å². The van der Waals surface area contributed by atoms with E-state index in [1.54, 1.807) is 0 Å². The molecular weight excluding hydrogens is 294 g/mol. The fourth-order valence-electron chi connectivity index (χ4n) is 2.31. The molecule has 98 valence electrons. The van der Waals surface area contributed by atoms with Crippen LogP contribution in [0.25, 0.3) is 0 Å². The number of benzene rings is 1. The minimum absolute atomic E-state index is 0.189. The smallest absolute Gasteiger partial charge is 0.222 e. The van der Waals surface area contributed by atoms with E-state index in [0.717, 1.165) is 23.9 Å². The maximum absolute atomic E-state index is 12.0. The van der Waals surface area contributed by atoms with Crippen molar-refractivity contribution in [2.45, 2.75) is 19.3 Å². The molecule has 0 aromatic heterocycles. The summed E-state index contributed by atoms with van der Waals surface area (Å²) in [4.78, 5) is 13.9. The summed E-state index contributed by atoms with van der Waals surface area (Å²) in [5, 5.41) is 9.07. The van der Waals surface area contributed by atoms with Gasteiger partial charge < -0.3 is 10.0 Å². The molecule has 0 bridgehead atoms. The number of aryl methyl sites for hydroxylation is 1. The molecule has 1 atom stereocenters. The summed E-state index contributed by atoms with van der Waals surface area (Å²) in [6, 6.07) is 8.00. The van der Waals surface area contributed by atoms with Crippen LogP contribution in [-0.4, -0.2) is 35.6 Å². The molecule has 0 spiro atoms. The highest BCUT2D eigenvalue weighted by molar-refractivity contribution is 9.10. The lowest BCUT2D eigenvalue weighted by atomic mass is 10.1. The van der Waals surface area contributed by atoms with Crippen molar-refractivity contribution in [2.24, 2.45) is 5.92 Å². The number of amides is 1. The summed E-state index contributed by atoms with van der Waals surface area (Å²) in [5.41, 5.74) is 1.17. The Morgan fingerprint density at radius 1 is 1.44 bits per heavy atom. The lowest BCUT2D eigenvalue weighted by Crippen LogP contribution is -2.29. The van der Waals surface area contributed by atoms with E-state index in [1.807, 2.05) is 29.2 Å². The monoisotopic (exact) mass is 311 g/mol. The average molecular weight is 312 g/mol. The molecule has 1 N–H and O–H groups in total. The Hall–Kier alpha value is -0.870. The van der Waals surface area contributed by atoms with Crippen LogP contribution in [0.2, 0.25) is 0 Å². The molecular formula is C14H18BrNO2. The van der Waals surface area contributed by atoms with Crippen molar-refractivity contribution >= 4 is 21.8 Å². The van der Waals surface area contributed by atoms with Crippen molar-refractivity contribution in [3.63, 3.8) is 0 Å². The Labute approximate surface area is 116 Å². The molecule has 0 radical (unpaired) electrons. The molecule has 1 fully saturated rings. The maximum atomic E-state index is 12.0. The van der Waals surface area contributed by atoms with Gasteiger partial charge in [-0.05, 0) is 24.5 Å². The molecule has 2 rings (SSSR count). The predicted molar refractivity (Wildman–Crippen MR) is 74.2 cm³/mol. The van der Waals surface area contributed by atoms with Crippen molar-refractivity contribution in [1.29, 1.82) is 0 Å². The van der Waals surface area contributed by atoms with E-state index in [1.165, 1.54) is 5.56 Å². The van der Waals surface area contributed by atoms with Gasteiger partial charge in [0.1, 0.15) is 0 Å². The quantitative estimate of drug-likeness (QED) is 0.926. The van der Waals surface area contributed by atoms with Gasteiger partial charge in [-0.25, -0.2) is 0 Å². The molecule has 1 unspecified atom stereocenters. The van der Waals surface area contributed by atoms with Gasteiger partial charge in [-0.1, -0.05) is 34.1 Å². The van der Waals surface area contributed by atoms with Crippen molar-refractivity contribution < 1.29 is 9.90 Å². The Morgan fingerprint density at radius 2 is 2.22 bits per heavy atom. The van der Waals surface area contributed by atoms with Crippen LogP contribution < -0.4 is 0 Å². The van der Waals surface area contributed by atoms with Gasteiger partial charge in [0.05, 0.1) is 0 Å². The summed E-state index contributed by atoms with van der Waals surface area (Å²) < 4.78 is 1.06. The molecule has 0 aliphatic carbocycles. The average Bonchev–Trinajstić information content (AvgIpc) is 2.86. The molecule has 18 heavy (non-hydrogen) atoms. The predicted octanol–water partition coefficient (Wildman–Crippen LogP) is 2.22. The standard InChI is InChI=1S/C14H18BrNO2/c15-13-4-2-1-3-12(13)5-6-14(18)16-8-7-11(9-16)10-17/h1-4,11,17H,5-10H2. The second-order valence-corrected chi connectivity index (χ2v) is 5.62. The van der Waals surface area contributed by atoms with Gasteiger partial charge >= 0.3 is 0 Å². The lowest BCUT2D eigenvalue weighted by Gasteiger charge is -2.16. The molecule has 1 amide bonds. The second-order valence-electron chi connectivity index (χ2n) is 4.77. The minimum Gasteiger partial charge on any atom is -0.396 e. The number of carbonyl (C=O) groups excluding carboxylic acids is 1. The highest BCUT2D eigenvalue weighted by Crippen LogP contribution is 2.20. The van der Waals surface area contributed by atoms with Gasteiger partial charge in [0.25, 0.3) is 0 Å². The first-order valence-corrected chi connectivity index (χ1v) is 7.12. The number of likely N-dealkylation sites (tertiary alicyclic amines) is 1. The third-order valence-electron chi connectivity index (χ3n) is 3.46. The third kappa shape index (κ3) is 3.33. The highest BCUT2D eigenvalue weighted by Gasteiger charge is 2.25. The zero-order chi connectivity index (χ0) is 13.0. The Kier molecular flexibility index (Phi) is 4.78. The van der Waals surface area contributed by atoms with Crippen LogP contribution in [0.1, 0.15) is 18.4 Å². The number of aliphatic hydroxyl groups excluding tert-OH is 1. The van der Waals surface area contributed by atoms with E-state index in [9.17, 15) is 4.79 Å². The summed E-state index contributed by atoms with van der Waals surface area (Å²) >= 11 is 3.49. The molecule has 1 saturated heterocycles. The maximum Gasteiger partial charge on any atom is 0.222 e. The van der Waals surface area contributed by atoms with E-state index >= 15 is 0 Å². The van der Waals surface area contributed by atoms with Gasteiger partial charge in [-0.3, -0.25) is 4.79 Å². The first kappa shape index (κ1) is 13.6. The van der Waals surface area contributed by atoms with Crippen molar-refractivity contribution in [3.8, 4) is 0 Å². The van der Waals surface area contributed by atoms with Gasteiger partial charge in [0.15, 0.2) is 0 Å². The summed E-state index contributed by atoms with van der Waals surface area (Å²) in [7, 11) is 0. The van der Waals surface area contributed by atoms with Crippen LogP contribution in [-0.2, 0) is 11.2 Å². The molecule has 1 heterocycles. The summed E-state index contributed by atoms with van der Waals surface area (Å²) in [6.45, 7) is 1.69. The number of halogens is 1. The third-order valence-corrected chi connectivity index (χ3v) is 4.24. The number of hydrogen-bond donors (Lipinski definition) is 1. The molecule has 1 aromatic carbocycles. The Morgan fingerprint density at radius 3 is 2.89 bits per heavy atom. The SMILES string of the molecule is O=C(CCc1ccccc1Br)N1CCC(CO)C1. The number of hydrogen-bond acceptors (Lipinski definition) is 2.